The number of benzene rings is 1. The summed E-state index contributed by atoms with van der Waals surface area (Å²) in [7, 11) is 0. The first-order valence-corrected chi connectivity index (χ1v) is 6.47. The molecule has 1 heterocycles. The van der Waals surface area contributed by atoms with E-state index in [1.807, 2.05) is 18.2 Å². The van der Waals surface area contributed by atoms with Crippen LogP contribution in [-0.2, 0) is 4.74 Å². The van der Waals surface area contributed by atoms with Gasteiger partial charge in [0.2, 0.25) is 5.69 Å². The van der Waals surface area contributed by atoms with Gasteiger partial charge in [-0.25, -0.2) is 4.79 Å². The molecule has 6 nitrogen and oxygen atoms in total. The molecule has 0 amide bonds. The van der Waals surface area contributed by atoms with Gasteiger partial charge in [-0.05, 0) is 18.6 Å². The molecule has 0 fully saturated rings. The molecular weight excluding hydrogens is 272 g/mol. The molecule has 0 saturated carbocycles. The van der Waals surface area contributed by atoms with E-state index in [1.54, 1.807) is 25.1 Å². The van der Waals surface area contributed by atoms with Crippen LogP contribution in [0.1, 0.15) is 23.0 Å². The van der Waals surface area contributed by atoms with E-state index in [2.05, 4.69) is 5.16 Å². The maximum atomic E-state index is 11.7. The molecule has 0 aliphatic rings. The highest BCUT2D eigenvalue weighted by Crippen LogP contribution is 2.29. The highest BCUT2D eigenvalue weighted by atomic mass is 16.5. The Morgan fingerprint density at radius 2 is 2.33 bits per heavy atom. The predicted molar refractivity (Wildman–Crippen MR) is 78.4 cm³/mol. The summed E-state index contributed by atoms with van der Waals surface area (Å²) in [4.78, 5) is 11.7. The normalized spacial score (nSPS) is 11.0. The summed E-state index contributed by atoms with van der Waals surface area (Å²) in [5.41, 5.74) is 7.59. The minimum Gasteiger partial charge on any atom is -0.461 e. The Balaban J connectivity index is 2.35. The van der Waals surface area contributed by atoms with Crippen molar-refractivity contribution in [2.24, 2.45) is 0 Å². The first-order valence-electron chi connectivity index (χ1n) is 6.47. The van der Waals surface area contributed by atoms with Gasteiger partial charge in [-0.3, -0.25) is 0 Å². The van der Waals surface area contributed by atoms with E-state index < -0.39 is 5.97 Å². The van der Waals surface area contributed by atoms with Crippen LogP contribution in [0.15, 0.2) is 34.9 Å². The van der Waals surface area contributed by atoms with Crippen LogP contribution in [-0.4, -0.2) is 29.4 Å². The summed E-state index contributed by atoms with van der Waals surface area (Å²) in [6.45, 7) is 1.90. The molecule has 0 spiro atoms. The van der Waals surface area contributed by atoms with Gasteiger partial charge in [0.25, 0.3) is 0 Å². The molecule has 2 aromatic rings. The number of ether oxygens (including phenoxy) is 1. The number of nitrogen functional groups attached to an aromatic ring is 1. The molecule has 21 heavy (non-hydrogen) atoms. The van der Waals surface area contributed by atoms with E-state index in [0.29, 0.717) is 11.3 Å². The van der Waals surface area contributed by atoms with E-state index in [0.717, 1.165) is 5.56 Å². The lowest BCUT2D eigenvalue weighted by Gasteiger charge is -2.00. The number of nitrogens with zero attached hydrogens (tertiary/aromatic N) is 1. The van der Waals surface area contributed by atoms with Crippen molar-refractivity contribution in [3.63, 3.8) is 0 Å². The van der Waals surface area contributed by atoms with Gasteiger partial charge in [0, 0.05) is 5.56 Å². The smallest absolute Gasteiger partial charge is 0.362 e. The third kappa shape index (κ3) is 3.29. The maximum absolute atomic E-state index is 11.7. The number of carbonyl (C=O) groups excluding carboxylic acids is 1. The molecule has 0 radical (unpaired) electrons. The standard InChI is InChI=1S/C15H16N2O4/c1-2-20-15(19)13-12(16)14(21-17-13)11-7-3-5-10(9-11)6-4-8-18/h3-7,9,18H,2,8,16H2,1H3/b6-4+. The van der Waals surface area contributed by atoms with Gasteiger partial charge < -0.3 is 20.1 Å². The summed E-state index contributed by atoms with van der Waals surface area (Å²) in [6.07, 6.45) is 3.38. The maximum Gasteiger partial charge on any atom is 0.362 e. The number of hydrogen-bond acceptors (Lipinski definition) is 6. The molecule has 2 rings (SSSR count). The Morgan fingerprint density at radius 1 is 1.52 bits per heavy atom. The van der Waals surface area contributed by atoms with Crippen LogP contribution in [0.25, 0.3) is 17.4 Å². The monoisotopic (exact) mass is 288 g/mol. The lowest BCUT2D eigenvalue weighted by Crippen LogP contribution is -2.07. The summed E-state index contributed by atoms with van der Waals surface area (Å²) >= 11 is 0. The van der Waals surface area contributed by atoms with Gasteiger partial charge >= 0.3 is 5.97 Å². The van der Waals surface area contributed by atoms with E-state index in [4.69, 9.17) is 20.1 Å². The van der Waals surface area contributed by atoms with E-state index in [1.165, 1.54) is 0 Å². The fraction of sp³-hybridized carbons (Fsp3) is 0.200. The third-order valence-electron chi connectivity index (χ3n) is 2.76. The second-order valence-corrected chi connectivity index (χ2v) is 4.20. The third-order valence-corrected chi connectivity index (χ3v) is 2.76. The fourth-order valence-corrected chi connectivity index (χ4v) is 1.82. The molecule has 0 unspecified atom stereocenters. The Bertz CT molecular complexity index is 661. The molecule has 0 bridgehead atoms. The summed E-state index contributed by atoms with van der Waals surface area (Å²) in [5.74, 6) is -0.293. The molecule has 1 aromatic carbocycles. The van der Waals surface area contributed by atoms with E-state index in [9.17, 15) is 4.79 Å². The molecule has 0 atom stereocenters. The molecule has 3 N–H and O–H groups in total. The van der Waals surface area contributed by atoms with Crippen LogP contribution >= 0.6 is 0 Å². The van der Waals surface area contributed by atoms with Crippen molar-refractivity contribution >= 4 is 17.7 Å². The number of aliphatic hydroxyl groups is 1. The molecule has 1 aromatic heterocycles. The summed E-state index contributed by atoms with van der Waals surface area (Å²) < 4.78 is 10.0. The average molecular weight is 288 g/mol. The van der Waals surface area contributed by atoms with Crippen LogP contribution in [0, 0.1) is 0 Å². The quantitative estimate of drug-likeness (QED) is 0.817. The van der Waals surface area contributed by atoms with Crippen molar-refractivity contribution < 1.29 is 19.2 Å². The average Bonchev–Trinajstić information content (AvgIpc) is 2.87. The first-order chi connectivity index (χ1) is 10.2. The zero-order valence-corrected chi connectivity index (χ0v) is 11.6. The van der Waals surface area contributed by atoms with Gasteiger partial charge in [-0.1, -0.05) is 35.5 Å². The lowest BCUT2D eigenvalue weighted by molar-refractivity contribution is 0.0516. The Labute approximate surface area is 121 Å². The summed E-state index contributed by atoms with van der Waals surface area (Å²) in [6, 6.07) is 7.30. The Morgan fingerprint density at radius 3 is 3.05 bits per heavy atom. The number of esters is 1. The zero-order chi connectivity index (χ0) is 15.2. The minimum absolute atomic E-state index is 0.0249. The second-order valence-electron chi connectivity index (χ2n) is 4.20. The number of nitrogens with two attached hydrogens (primary N) is 1. The number of anilines is 1. The van der Waals surface area contributed by atoms with Gasteiger partial charge in [0.05, 0.1) is 13.2 Å². The zero-order valence-electron chi connectivity index (χ0n) is 11.6. The Hall–Kier alpha value is -2.60. The van der Waals surface area contributed by atoms with Crippen LogP contribution < -0.4 is 5.73 Å². The second kappa shape index (κ2) is 6.71. The largest absolute Gasteiger partial charge is 0.461 e. The van der Waals surface area contributed by atoms with Crippen molar-refractivity contribution in [1.29, 1.82) is 0 Å². The van der Waals surface area contributed by atoms with E-state index >= 15 is 0 Å². The molecule has 0 aliphatic heterocycles. The van der Waals surface area contributed by atoms with Crippen LogP contribution in [0.4, 0.5) is 5.69 Å². The van der Waals surface area contributed by atoms with Gasteiger partial charge in [0.15, 0.2) is 5.76 Å². The predicted octanol–water partition coefficient (Wildman–Crippen LogP) is 2.11. The highest BCUT2D eigenvalue weighted by Gasteiger charge is 2.21. The van der Waals surface area contributed by atoms with Crippen molar-refractivity contribution in [2.45, 2.75) is 6.92 Å². The van der Waals surface area contributed by atoms with E-state index in [-0.39, 0.29) is 24.6 Å². The summed E-state index contributed by atoms with van der Waals surface area (Å²) in [5, 5.41) is 12.5. The van der Waals surface area contributed by atoms with Gasteiger partial charge in [-0.15, -0.1) is 0 Å². The first kappa shape index (κ1) is 14.8. The number of rotatable bonds is 5. The van der Waals surface area contributed by atoms with Gasteiger partial charge in [-0.2, -0.15) is 0 Å². The van der Waals surface area contributed by atoms with Crippen molar-refractivity contribution in [3.8, 4) is 11.3 Å². The number of aliphatic hydroxyl groups excluding tert-OH is 1. The number of hydrogen-bond donors (Lipinski definition) is 2. The molecule has 6 heteroatoms. The van der Waals surface area contributed by atoms with Gasteiger partial charge in [0.1, 0.15) is 5.69 Å². The Kier molecular flexibility index (Phi) is 4.73. The SMILES string of the molecule is CCOC(=O)c1noc(-c2cccc(/C=C/CO)c2)c1N. The van der Waals surface area contributed by atoms with Crippen molar-refractivity contribution in [1.82, 2.24) is 5.16 Å². The van der Waals surface area contributed by atoms with Crippen LogP contribution in [0.5, 0.6) is 0 Å². The number of carbonyl (C=O) groups is 1. The topological polar surface area (TPSA) is 98.6 Å². The molecule has 110 valence electrons. The minimum atomic E-state index is -0.610. The van der Waals surface area contributed by atoms with Crippen LogP contribution in [0.3, 0.4) is 0 Å². The fourth-order valence-electron chi connectivity index (χ4n) is 1.82. The molecule has 0 saturated heterocycles. The molecular formula is C15H16N2O4. The molecule has 0 aliphatic carbocycles. The highest BCUT2D eigenvalue weighted by molar-refractivity contribution is 5.96. The van der Waals surface area contributed by atoms with Crippen molar-refractivity contribution in [3.05, 3.63) is 41.6 Å². The van der Waals surface area contributed by atoms with Crippen LogP contribution in [0.2, 0.25) is 0 Å². The lowest BCUT2D eigenvalue weighted by atomic mass is 10.1. The number of aromatic nitrogens is 1. The van der Waals surface area contributed by atoms with Crippen molar-refractivity contribution in [2.75, 3.05) is 18.9 Å².